The van der Waals surface area contributed by atoms with Gasteiger partial charge >= 0.3 is 6.01 Å². The number of halogens is 3. The van der Waals surface area contributed by atoms with E-state index in [9.17, 15) is 13.9 Å². The van der Waals surface area contributed by atoms with Crippen LogP contribution in [0.2, 0.25) is 30.7 Å². The van der Waals surface area contributed by atoms with Gasteiger partial charge in [0.05, 0.1) is 16.5 Å². The van der Waals surface area contributed by atoms with E-state index in [0.29, 0.717) is 45.8 Å². The predicted molar refractivity (Wildman–Crippen MR) is 146 cm³/mol. The molecule has 1 atom stereocenters. The number of rotatable bonds is 11. The molecule has 0 aliphatic heterocycles. The summed E-state index contributed by atoms with van der Waals surface area (Å²) in [5.74, 6) is -1.57. The van der Waals surface area contributed by atoms with Crippen LogP contribution in [0.1, 0.15) is 6.92 Å². The van der Waals surface area contributed by atoms with Crippen molar-refractivity contribution in [2.24, 2.45) is 0 Å². The van der Waals surface area contributed by atoms with Crippen LogP contribution in [0.3, 0.4) is 0 Å². The minimum Gasteiger partial charge on any atom is -0.421 e. The Morgan fingerprint density at radius 1 is 1.13 bits per heavy atom. The van der Waals surface area contributed by atoms with Crippen LogP contribution in [0.4, 0.5) is 14.6 Å². The lowest BCUT2D eigenvalue weighted by Crippen LogP contribution is -2.22. The summed E-state index contributed by atoms with van der Waals surface area (Å²) in [6, 6.07) is 11.0. The molecule has 2 aromatic heterocycles. The molecule has 0 saturated carbocycles. The van der Waals surface area contributed by atoms with Crippen molar-refractivity contribution in [1.82, 2.24) is 19.7 Å². The zero-order valence-corrected chi connectivity index (χ0v) is 23.4. The molecule has 2 heterocycles. The highest BCUT2D eigenvalue weighted by Crippen LogP contribution is 2.37. The number of anilines is 1. The fourth-order valence-corrected chi connectivity index (χ4v) is 4.57. The van der Waals surface area contributed by atoms with E-state index in [4.69, 9.17) is 26.2 Å². The van der Waals surface area contributed by atoms with Gasteiger partial charge in [0.25, 0.3) is 0 Å². The second kappa shape index (κ2) is 11.7. The van der Waals surface area contributed by atoms with Gasteiger partial charge in [-0.25, -0.2) is 13.5 Å². The lowest BCUT2D eigenvalue weighted by Gasteiger charge is -2.15. The SMILES string of the molecule is C[C@H](O)CNc1nc(Oc2ccc(F)cc2F)nc2c1c(-c1ccccc1Cl)nn2COCC[Si](C)(C)C. The van der Waals surface area contributed by atoms with Gasteiger partial charge in [0.2, 0.25) is 0 Å². The van der Waals surface area contributed by atoms with Gasteiger partial charge in [-0.05, 0) is 31.2 Å². The maximum absolute atomic E-state index is 14.3. The maximum Gasteiger partial charge on any atom is 0.326 e. The summed E-state index contributed by atoms with van der Waals surface area (Å²) in [4.78, 5) is 8.96. The van der Waals surface area contributed by atoms with Crippen molar-refractivity contribution in [3.63, 3.8) is 0 Å². The van der Waals surface area contributed by atoms with E-state index in [-0.39, 0.29) is 25.0 Å². The number of fused-ring (bicyclic) bond motifs is 1. The molecule has 4 rings (SSSR count). The van der Waals surface area contributed by atoms with Crippen LogP contribution in [-0.4, -0.2) is 52.2 Å². The number of aliphatic hydroxyl groups is 1. The molecular weight excluding hydrogens is 532 g/mol. The van der Waals surface area contributed by atoms with E-state index >= 15 is 0 Å². The molecule has 12 heteroatoms. The summed E-state index contributed by atoms with van der Waals surface area (Å²) < 4.78 is 40.9. The van der Waals surface area contributed by atoms with Crippen molar-refractivity contribution >= 4 is 36.5 Å². The first-order valence-corrected chi connectivity index (χ1v) is 16.3. The number of benzene rings is 2. The van der Waals surface area contributed by atoms with E-state index < -0.39 is 25.8 Å². The van der Waals surface area contributed by atoms with Crippen LogP contribution in [0, 0.1) is 11.6 Å². The zero-order chi connectivity index (χ0) is 27.4. The smallest absolute Gasteiger partial charge is 0.326 e. The van der Waals surface area contributed by atoms with Crippen LogP contribution < -0.4 is 10.1 Å². The molecule has 0 amide bonds. The molecule has 0 saturated heterocycles. The monoisotopic (exact) mass is 561 g/mol. The normalized spacial score (nSPS) is 12.6. The minimum atomic E-state index is -1.31. The minimum absolute atomic E-state index is 0.0998. The zero-order valence-electron chi connectivity index (χ0n) is 21.6. The fourth-order valence-electron chi connectivity index (χ4n) is 3.59. The van der Waals surface area contributed by atoms with Crippen LogP contribution in [0.5, 0.6) is 11.8 Å². The second-order valence-corrected chi connectivity index (χ2v) is 16.2. The van der Waals surface area contributed by atoms with Crippen LogP contribution in [0.15, 0.2) is 42.5 Å². The summed E-state index contributed by atoms with van der Waals surface area (Å²) in [6.07, 6.45) is -0.692. The molecule has 0 spiro atoms. The Labute approximate surface area is 225 Å². The van der Waals surface area contributed by atoms with E-state index in [1.165, 1.54) is 0 Å². The predicted octanol–water partition coefficient (Wildman–Crippen LogP) is 6.32. The average molecular weight is 562 g/mol. The Hall–Kier alpha value is -3.12. The molecule has 8 nitrogen and oxygen atoms in total. The summed E-state index contributed by atoms with van der Waals surface area (Å²) in [5.41, 5.74) is 1.52. The number of aromatic nitrogens is 4. The number of ether oxygens (including phenoxy) is 2. The summed E-state index contributed by atoms with van der Waals surface area (Å²) >= 11 is 6.52. The van der Waals surface area contributed by atoms with Gasteiger partial charge in [0.15, 0.2) is 17.2 Å². The van der Waals surface area contributed by atoms with E-state index in [1.54, 1.807) is 17.7 Å². The highest BCUT2D eigenvalue weighted by atomic mass is 35.5. The van der Waals surface area contributed by atoms with Gasteiger partial charge in [-0.1, -0.05) is 49.4 Å². The lowest BCUT2D eigenvalue weighted by molar-refractivity contribution is 0.0814. The Balaban J connectivity index is 1.83. The number of hydrogen-bond donors (Lipinski definition) is 2. The van der Waals surface area contributed by atoms with Gasteiger partial charge < -0.3 is 19.9 Å². The van der Waals surface area contributed by atoms with Crippen molar-refractivity contribution in [2.75, 3.05) is 18.5 Å². The van der Waals surface area contributed by atoms with Crippen molar-refractivity contribution in [1.29, 1.82) is 0 Å². The van der Waals surface area contributed by atoms with Crippen LogP contribution in [0.25, 0.3) is 22.3 Å². The molecule has 0 fully saturated rings. The van der Waals surface area contributed by atoms with Gasteiger partial charge in [-0.2, -0.15) is 15.1 Å². The van der Waals surface area contributed by atoms with Crippen LogP contribution >= 0.6 is 11.6 Å². The summed E-state index contributed by atoms with van der Waals surface area (Å²) in [5, 5.41) is 18.8. The Morgan fingerprint density at radius 3 is 2.58 bits per heavy atom. The molecule has 202 valence electrons. The third-order valence-corrected chi connectivity index (χ3v) is 7.60. The van der Waals surface area contributed by atoms with E-state index in [1.807, 2.05) is 18.2 Å². The van der Waals surface area contributed by atoms with Gasteiger partial charge in [0, 0.05) is 32.9 Å². The molecule has 0 unspecified atom stereocenters. The van der Waals surface area contributed by atoms with Crippen molar-refractivity contribution in [3.05, 3.63) is 59.1 Å². The highest BCUT2D eigenvalue weighted by molar-refractivity contribution is 6.76. The first-order chi connectivity index (χ1) is 18.0. The molecule has 38 heavy (non-hydrogen) atoms. The number of aliphatic hydroxyl groups excluding tert-OH is 1. The van der Waals surface area contributed by atoms with Gasteiger partial charge in [-0.15, -0.1) is 0 Å². The molecule has 0 radical (unpaired) electrons. The van der Waals surface area contributed by atoms with E-state index in [0.717, 1.165) is 18.2 Å². The Morgan fingerprint density at radius 2 is 1.89 bits per heavy atom. The molecular formula is C26H30ClF2N5O3Si. The molecule has 2 aromatic carbocycles. The molecule has 0 aliphatic rings. The van der Waals surface area contributed by atoms with Crippen molar-refractivity contribution < 1.29 is 23.4 Å². The first-order valence-electron chi connectivity index (χ1n) is 12.2. The number of hydrogen-bond acceptors (Lipinski definition) is 7. The highest BCUT2D eigenvalue weighted by Gasteiger charge is 2.23. The second-order valence-electron chi connectivity index (χ2n) is 10.1. The quantitative estimate of drug-likeness (QED) is 0.163. The number of nitrogens with one attached hydrogen (secondary N) is 1. The first kappa shape index (κ1) is 27.9. The Bertz CT molecular complexity index is 1430. The van der Waals surface area contributed by atoms with E-state index in [2.05, 4.69) is 34.9 Å². The third-order valence-electron chi connectivity index (χ3n) is 5.57. The molecule has 0 bridgehead atoms. The molecule has 4 aromatic rings. The average Bonchev–Trinajstić information content (AvgIpc) is 3.20. The molecule has 0 aliphatic carbocycles. The largest absolute Gasteiger partial charge is 0.421 e. The maximum atomic E-state index is 14.3. The fraction of sp³-hybridized carbons (Fsp3) is 0.346. The topological polar surface area (TPSA) is 94.3 Å². The van der Waals surface area contributed by atoms with Crippen molar-refractivity contribution in [3.8, 4) is 23.0 Å². The Kier molecular flexibility index (Phi) is 8.61. The van der Waals surface area contributed by atoms with Crippen LogP contribution in [-0.2, 0) is 11.5 Å². The number of nitrogens with zero attached hydrogens (tertiary/aromatic N) is 4. The third kappa shape index (κ3) is 6.84. The molecule has 2 N–H and O–H groups in total. The standard InChI is InChI=1S/C26H30ClF2N5O3Si/c1-16(35)14-30-24-22-23(18-7-5-6-8-19(18)27)33-34(15-36-11-12-38(2,3)4)25(22)32-26(31-24)37-21-10-9-17(28)13-20(21)29/h5-10,13,16,35H,11-12,14-15H2,1-4H3,(H,30,31,32)/t16-/m0/s1. The van der Waals surface area contributed by atoms with Crippen molar-refractivity contribution in [2.45, 2.75) is 45.4 Å². The summed E-state index contributed by atoms with van der Waals surface area (Å²) in [6.45, 7) is 9.24. The lowest BCUT2D eigenvalue weighted by atomic mass is 10.1. The van der Waals surface area contributed by atoms with Gasteiger partial charge in [-0.3, -0.25) is 0 Å². The summed E-state index contributed by atoms with van der Waals surface area (Å²) in [7, 11) is -1.31. The van der Waals surface area contributed by atoms with Gasteiger partial charge in [0.1, 0.15) is 24.1 Å².